The number of hydrogen-bond acceptors (Lipinski definition) is 3. The smallest absolute Gasteiger partial charge is 0.301 e. The molecule has 0 amide bonds. The van der Waals surface area contributed by atoms with Gasteiger partial charge in [0.1, 0.15) is 4.99 Å². The van der Waals surface area contributed by atoms with Crippen molar-refractivity contribution in [3.63, 3.8) is 0 Å². The molecule has 0 aromatic heterocycles. The summed E-state index contributed by atoms with van der Waals surface area (Å²) in [5.74, 6) is 0. The molecule has 0 bridgehead atoms. The van der Waals surface area contributed by atoms with E-state index >= 15 is 0 Å². The van der Waals surface area contributed by atoms with E-state index < -0.39 is 10.2 Å². The highest BCUT2D eigenvalue weighted by Crippen LogP contribution is 2.13. The van der Waals surface area contributed by atoms with E-state index in [1.165, 1.54) is 4.31 Å². The molecule has 1 aromatic rings. The molecule has 100 valence electrons. The minimum atomic E-state index is -3.49. The maximum atomic E-state index is 11.9. The van der Waals surface area contributed by atoms with E-state index in [1.54, 1.807) is 38.1 Å². The Bertz CT molecular complexity index is 508. The second-order valence-corrected chi connectivity index (χ2v) is 5.74. The molecule has 0 unspecified atom stereocenters. The van der Waals surface area contributed by atoms with Crippen molar-refractivity contribution in [2.45, 2.75) is 13.8 Å². The zero-order valence-electron chi connectivity index (χ0n) is 10.4. The number of anilines is 1. The second kappa shape index (κ2) is 6.12. The van der Waals surface area contributed by atoms with E-state index in [0.717, 1.165) is 0 Å². The van der Waals surface area contributed by atoms with Crippen LogP contribution in [0.25, 0.3) is 0 Å². The Balaban J connectivity index is 2.88. The first-order valence-electron chi connectivity index (χ1n) is 5.58. The molecule has 7 heteroatoms. The van der Waals surface area contributed by atoms with Crippen LogP contribution >= 0.6 is 12.2 Å². The molecular weight excluding hydrogens is 270 g/mol. The van der Waals surface area contributed by atoms with E-state index in [1.807, 2.05) is 0 Å². The van der Waals surface area contributed by atoms with Crippen LogP contribution < -0.4 is 10.5 Å². The van der Waals surface area contributed by atoms with Crippen LogP contribution in [0.15, 0.2) is 24.3 Å². The largest absolute Gasteiger partial charge is 0.389 e. The molecule has 0 aliphatic rings. The summed E-state index contributed by atoms with van der Waals surface area (Å²) >= 11 is 4.83. The Hall–Kier alpha value is -1.18. The lowest BCUT2D eigenvalue weighted by Gasteiger charge is -2.19. The van der Waals surface area contributed by atoms with Crippen LogP contribution in [-0.4, -0.2) is 30.8 Å². The molecule has 0 saturated carbocycles. The van der Waals surface area contributed by atoms with Crippen molar-refractivity contribution in [2.24, 2.45) is 5.73 Å². The molecule has 1 aromatic carbocycles. The van der Waals surface area contributed by atoms with Gasteiger partial charge in [-0.2, -0.15) is 12.7 Å². The Morgan fingerprint density at radius 1 is 1.28 bits per heavy atom. The van der Waals surface area contributed by atoms with Crippen LogP contribution in [-0.2, 0) is 10.2 Å². The zero-order chi connectivity index (χ0) is 13.8. The van der Waals surface area contributed by atoms with E-state index in [4.69, 9.17) is 18.0 Å². The highest BCUT2D eigenvalue weighted by Gasteiger charge is 2.17. The van der Waals surface area contributed by atoms with Crippen LogP contribution in [0.2, 0.25) is 0 Å². The molecule has 0 spiro atoms. The predicted molar refractivity (Wildman–Crippen MR) is 77.8 cm³/mol. The van der Waals surface area contributed by atoms with Crippen LogP contribution in [0.4, 0.5) is 5.69 Å². The second-order valence-electron chi connectivity index (χ2n) is 3.63. The number of thiocarbonyl (C=S) groups is 1. The zero-order valence-corrected chi connectivity index (χ0v) is 12.0. The fourth-order valence-electron chi connectivity index (χ4n) is 1.48. The first-order chi connectivity index (χ1) is 8.40. The highest BCUT2D eigenvalue weighted by atomic mass is 32.2. The summed E-state index contributed by atoms with van der Waals surface area (Å²) in [6.45, 7) is 4.44. The predicted octanol–water partition coefficient (Wildman–Crippen LogP) is 1.32. The van der Waals surface area contributed by atoms with Gasteiger partial charge in [-0.1, -0.05) is 26.1 Å². The number of nitrogens with zero attached hydrogens (tertiary/aromatic N) is 1. The molecule has 0 saturated heterocycles. The van der Waals surface area contributed by atoms with Crippen molar-refractivity contribution < 1.29 is 8.42 Å². The number of hydrogen-bond donors (Lipinski definition) is 2. The molecule has 1 rings (SSSR count). The maximum absolute atomic E-state index is 11.9. The first kappa shape index (κ1) is 14.9. The summed E-state index contributed by atoms with van der Waals surface area (Å²) in [5, 5.41) is 0. The fraction of sp³-hybridized carbons (Fsp3) is 0.364. The van der Waals surface area contributed by atoms with Gasteiger partial charge in [-0.05, 0) is 24.3 Å². The van der Waals surface area contributed by atoms with Crippen LogP contribution in [0.5, 0.6) is 0 Å². The number of nitrogens with two attached hydrogens (primary N) is 1. The van der Waals surface area contributed by atoms with Crippen molar-refractivity contribution >= 4 is 33.1 Å². The third-order valence-corrected chi connectivity index (χ3v) is 4.39. The minimum absolute atomic E-state index is 0.285. The molecule has 5 nitrogen and oxygen atoms in total. The van der Waals surface area contributed by atoms with E-state index in [-0.39, 0.29) is 4.99 Å². The third-order valence-electron chi connectivity index (χ3n) is 2.46. The van der Waals surface area contributed by atoms with Crippen molar-refractivity contribution in [3.05, 3.63) is 29.8 Å². The van der Waals surface area contributed by atoms with E-state index in [9.17, 15) is 8.42 Å². The number of rotatable bonds is 6. The summed E-state index contributed by atoms with van der Waals surface area (Å²) in [5.41, 5.74) is 6.66. The average molecular weight is 287 g/mol. The molecule has 0 heterocycles. The van der Waals surface area contributed by atoms with Gasteiger partial charge >= 0.3 is 10.2 Å². The third kappa shape index (κ3) is 3.66. The molecule has 0 aliphatic carbocycles. The topological polar surface area (TPSA) is 75.4 Å². The van der Waals surface area contributed by atoms with Gasteiger partial charge in [-0.15, -0.1) is 0 Å². The minimum Gasteiger partial charge on any atom is -0.389 e. The number of nitrogens with one attached hydrogen (secondary N) is 1. The monoisotopic (exact) mass is 287 g/mol. The lowest BCUT2D eigenvalue weighted by atomic mass is 10.2. The Morgan fingerprint density at radius 2 is 1.78 bits per heavy atom. The lowest BCUT2D eigenvalue weighted by Crippen LogP contribution is -2.35. The lowest BCUT2D eigenvalue weighted by molar-refractivity contribution is 0.449. The standard InChI is InChI=1S/C11H17N3O2S2/c1-3-14(4-2)18(15,16)13-10-7-5-9(6-8-10)11(12)17/h5-8,13H,3-4H2,1-2H3,(H2,12,17). The van der Waals surface area contributed by atoms with Crippen molar-refractivity contribution in [1.29, 1.82) is 0 Å². The van der Waals surface area contributed by atoms with Crippen molar-refractivity contribution in [2.75, 3.05) is 17.8 Å². The fourth-order valence-corrected chi connectivity index (χ4v) is 2.86. The van der Waals surface area contributed by atoms with Gasteiger partial charge in [-0.25, -0.2) is 0 Å². The molecule has 3 N–H and O–H groups in total. The highest BCUT2D eigenvalue weighted by molar-refractivity contribution is 7.90. The van der Waals surface area contributed by atoms with Gasteiger partial charge in [0.25, 0.3) is 0 Å². The SMILES string of the molecule is CCN(CC)S(=O)(=O)Nc1ccc(C(N)=S)cc1. The van der Waals surface area contributed by atoms with Gasteiger partial charge in [0.2, 0.25) is 0 Å². The van der Waals surface area contributed by atoms with Gasteiger partial charge in [0.05, 0.1) is 0 Å². The Labute approximate surface area is 113 Å². The van der Waals surface area contributed by atoms with Crippen LogP contribution in [0.1, 0.15) is 19.4 Å². The molecular formula is C11H17N3O2S2. The van der Waals surface area contributed by atoms with Gasteiger partial charge in [0, 0.05) is 24.3 Å². The number of benzene rings is 1. The molecule has 18 heavy (non-hydrogen) atoms. The molecule has 0 atom stereocenters. The normalized spacial score (nSPS) is 11.5. The Kier molecular flexibility index (Phi) is 5.06. The summed E-state index contributed by atoms with van der Waals surface area (Å²) in [4.78, 5) is 0.285. The molecule has 0 fully saturated rings. The summed E-state index contributed by atoms with van der Waals surface area (Å²) in [6.07, 6.45) is 0. The summed E-state index contributed by atoms with van der Waals surface area (Å²) in [7, 11) is -3.49. The van der Waals surface area contributed by atoms with Gasteiger partial charge in [-0.3, -0.25) is 4.72 Å². The first-order valence-corrected chi connectivity index (χ1v) is 7.43. The van der Waals surface area contributed by atoms with Crippen molar-refractivity contribution in [1.82, 2.24) is 4.31 Å². The van der Waals surface area contributed by atoms with E-state index in [0.29, 0.717) is 24.3 Å². The van der Waals surface area contributed by atoms with Gasteiger partial charge in [0.15, 0.2) is 0 Å². The molecule has 0 radical (unpaired) electrons. The van der Waals surface area contributed by atoms with Gasteiger partial charge < -0.3 is 5.73 Å². The quantitative estimate of drug-likeness (QED) is 0.774. The van der Waals surface area contributed by atoms with Crippen LogP contribution in [0, 0.1) is 0 Å². The maximum Gasteiger partial charge on any atom is 0.301 e. The summed E-state index contributed by atoms with van der Waals surface area (Å²) < 4.78 is 27.7. The van der Waals surface area contributed by atoms with Crippen LogP contribution in [0.3, 0.4) is 0 Å². The van der Waals surface area contributed by atoms with E-state index in [2.05, 4.69) is 4.72 Å². The summed E-state index contributed by atoms with van der Waals surface area (Å²) in [6, 6.07) is 6.63. The Morgan fingerprint density at radius 3 is 2.17 bits per heavy atom. The van der Waals surface area contributed by atoms with Crippen molar-refractivity contribution in [3.8, 4) is 0 Å². The molecule has 0 aliphatic heterocycles. The average Bonchev–Trinajstić information content (AvgIpc) is 2.30.